The van der Waals surface area contributed by atoms with Crippen LogP contribution in [0.3, 0.4) is 0 Å². The molecule has 0 saturated heterocycles. The van der Waals surface area contributed by atoms with Crippen LogP contribution in [-0.4, -0.2) is 10.7 Å². The van der Waals surface area contributed by atoms with Gasteiger partial charge in [-0.2, -0.15) is 0 Å². The Kier molecular flexibility index (Phi) is 3.62. The quantitative estimate of drug-likeness (QED) is 0.885. The highest BCUT2D eigenvalue weighted by Gasteiger charge is 2.36. The number of ether oxygens (including phenoxy) is 1. The Morgan fingerprint density at radius 1 is 1.50 bits per heavy atom. The van der Waals surface area contributed by atoms with Crippen molar-refractivity contribution >= 4 is 0 Å². The van der Waals surface area contributed by atoms with Crippen molar-refractivity contribution in [3.05, 3.63) is 29.6 Å². The number of rotatable bonds is 3. The maximum Gasteiger partial charge on any atom is 0.126 e. The summed E-state index contributed by atoms with van der Waals surface area (Å²) in [7, 11) is 0. The molecule has 1 aromatic carbocycles. The fourth-order valence-corrected chi connectivity index (χ4v) is 2.45. The van der Waals surface area contributed by atoms with Gasteiger partial charge in [-0.1, -0.05) is 13.8 Å². The van der Waals surface area contributed by atoms with Gasteiger partial charge in [0.2, 0.25) is 0 Å². The van der Waals surface area contributed by atoms with E-state index in [0.717, 1.165) is 12.8 Å². The minimum atomic E-state index is -0.637. The zero-order valence-corrected chi connectivity index (χ0v) is 11.2. The zero-order chi connectivity index (χ0) is 13.3. The Bertz CT molecular complexity index is 431. The van der Waals surface area contributed by atoms with Gasteiger partial charge in [-0.05, 0) is 43.9 Å². The fraction of sp³-hybridized carbons (Fsp3) is 0.600. The lowest BCUT2D eigenvalue weighted by atomic mass is 9.85. The number of hydrogen-bond donors (Lipinski definition) is 1. The summed E-state index contributed by atoms with van der Waals surface area (Å²) in [5.41, 5.74) is 0.214. The van der Waals surface area contributed by atoms with Crippen molar-refractivity contribution in [1.29, 1.82) is 0 Å². The van der Waals surface area contributed by atoms with Gasteiger partial charge in [0, 0.05) is 12.0 Å². The number of aliphatic hydroxyl groups excluding tert-OH is 1. The molecular formula is C15H21FO2. The van der Waals surface area contributed by atoms with Gasteiger partial charge in [0.25, 0.3) is 0 Å². The van der Waals surface area contributed by atoms with Crippen molar-refractivity contribution in [3.8, 4) is 5.75 Å². The summed E-state index contributed by atoms with van der Waals surface area (Å²) < 4.78 is 19.1. The third-order valence-electron chi connectivity index (χ3n) is 3.56. The molecule has 2 rings (SSSR count). The molecule has 2 atom stereocenters. The van der Waals surface area contributed by atoms with Crippen molar-refractivity contribution in [2.24, 2.45) is 5.92 Å². The SMILES string of the molecule is CC(C)CCC1(C)C[C@H](O)c2cc(F)ccc2O1. The predicted octanol–water partition coefficient (Wildman–Crippen LogP) is 3.84. The van der Waals surface area contributed by atoms with E-state index >= 15 is 0 Å². The molecule has 0 aliphatic carbocycles. The molecule has 1 N–H and O–H groups in total. The van der Waals surface area contributed by atoms with Gasteiger partial charge in [0.05, 0.1) is 6.10 Å². The summed E-state index contributed by atoms with van der Waals surface area (Å²) in [6.07, 6.45) is 1.84. The molecule has 1 heterocycles. The van der Waals surface area contributed by atoms with Crippen LogP contribution in [0.15, 0.2) is 18.2 Å². The van der Waals surface area contributed by atoms with Crippen LogP contribution >= 0.6 is 0 Å². The van der Waals surface area contributed by atoms with Crippen LogP contribution in [0.4, 0.5) is 4.39 Å². The molecule has 0 aromatic heterocycles. The summed E-state index contributed by atoms with van der Waals surface area (Å²) in [4.78, 5) is 0. The number of fused-ring (bicyclic) bond motifs is 1. The van der Waals surface area contributed by atoms with Gasteiger partial charge in [-0.15, -0.1) is 0 Å². The first-order valence-electron chi connectivity index (χ1n) is 6.56. The van der Waals surface area contributed by atoms with Crippen LogP contribution in [0, 0.1) is 11.7 Å². The molecule has 0 fully saturated rings. The van der Waals surface area contributed by atoms with Crippen LogP contribution in [-0.2, 0) is 0 Å². The predicted molar refractivity (Wildman–Crippen MR) is 69.1 cm³/mol. The Hall–Kier alpha value is -1.09. The maximum absolute atomic E-state index is 13.1. The highest BCUT2D eigenvalue weighted by Crippen LogP contribution is 2.42. The highest BCUT2D eigenvalue weighted by molar-refractivity contribution is 5.38. The van der Waals surface area contributed by atoms with Crippen LogP contribution in [0.25, 0.3) is 0 Å². The summed E-state index contributed by atoms with van der Waals surface area (Å²) in [5, 5.41) is 10.1. The average molecular weight is 252 g/mol. The molecule has 2 nitrogen and oxygen atoms in total. The first-order chi connectivity index (χ1) is 8.39. The second-order valence-electron chi connectivity index (χ2n) is 5.89. The molecule has 0 saturated carbocycles. The number of halogens is 1. The molecular weight excluding hydrogens is 231 g/mol. The standard InChI is InChI=1S/C15H21FO2/c1-10(2)6-7-15(3)9-13(17)12-8-11(16)4-5-14(12)18-15/h4-5,8,10,13,17H,6-7,9H2,1-3H3/t13-,15?/m0/s1. The molecule has 100 valence electrons. The van der Waals surface area contributed by atoms with Crippen LogP contribution in [0.1, 0.15) is 51.7 Å². The first-order valence-corrected chi connectivity index (χ1v) is 6.56. The van der Waals surface area contributed by atoms with Crippen molar-refractivity contribution in [1.82, 2.24) is 0 Å². The summed E-state index contributed by atoms with van der Waals surface area (Å²) in [6, 6.07) is 4.35. The molecule has 1 aliphatic rings. The molecule has 18 heavy (non-hydrogen) atoms. The molecule has 1 aromatic rings. The van der Waals surface area contributed by atoms with Crippen molar-refractivity contribution in [2.45, 2.75) is 51.7 Å². The minimum Gasteiger partial charge on any atom is -0.487 e. The number of hydrogen-bond acceptors (Lipinski definition) is 2. The van der Waals surface area contributed by atoms with Gasteiger partial charge in [-0.25, -0.2) is 4.39 Å². The molecule has 1 unspecified atom stereocenters. The summed E-state index contributed by atoms with van der Waals surface area (Å²) >= 11 is 0. The van der Waals surface area contributed by atoms with E-state index in [1.165, 1.54) is 12.1 Å². The second kappa shape index (κ2) is 4.88. The third-order valence-corrected chi connectivity index (χ3v) is 3.56. The summed E-state index contributed by atoms with van der Waals surface area (Å²) in [6.45, 7) is 6.36. The van der Waals surface area contributed by atoms with Gasteiger partial charge in [0.1, 0.15) is 17.2 Å². The minimum absolute atomic E-state index is 0.331. The average Bonchev–Trinajstić information content (AvgIpc) is 2.28. The van der Waals surface area contributed by atoms with Crippen LogP contribution < -0.4 is 4.74 Å². The highest BCUT2D eigenvalue weighted by atomic mass is 19.1. The molecule has 0 spiro atoms. The Morgan fingerprint density at radius 2 is 2.22 bits per heavy atom. The van der Waals surface area contributed by atoms with Crippen LogP contribution in [0.5, 0.6) is 5.75 Å². The number of aliphatic hydroxyl groups is 1. The Balaban J connectivity index is 2.19. The number of benzene rings is 1. The van der Waals surface area contributed by atoms with Crippen molar-refractivity contribution < 1.29 is 14.2 Å². The monoisotopic (exact) mass is 252 g/mol. The van der Waals surface area contributed by atoms with E-state index in [2.05, 4.69) is 13.8 Å². The fourth-order valence-electron chi connectivity index (χ4n) is 2.45. The first kappa shape index (κ1) is 13.3. The van der Waals surface area contributed by atoms with E-state index in [4.69, 9.17) is 4.74 Å². The van der Waals surface area contributed by atoms with Gasteiger partial charge < -0.3 is 9.84 Å². The van der Waals surface area contributed by atoms with E-state index in [1.54, 1.807) is 6.07 Å². The molecule has 0 amide bonds. The lowest BCUT2D eigenvalue weighted by Crippen LogP contribution is -2.38. The normalized spacial score (nSPS) is 26.9. The van der Waals surface area contributed by atoms with Crippen LogP contribution in [0.2, 0.25) is 0 Å². The van der Waals surface area contributed by atoms with Crippen molar-refractivity contribution in [3.63, 3.8) is 0 Å². The zero-order valence-electron chi connectivity index (χ0n) is 11.2. The lowest BCUT2D eigenvalue weighted by Gasteiger charge is -2.38. The van der Waals surface area contributed by atoms with E-state index in [1.807, 2.05) is 6.92 Å². The van der Waals surface area contributed by atoms with E-state index in [-0.39, 0.29) is 11.4 Å². The molecule has 1 aliphatic heterocycles. The van der Waals surface area contributed by atoms with Gasteiger partial charge in [0.15, 0.2) is 0 Å². The Labute approximate surface area is 108 Å². The van der Waals surface area contributed by atoms with Crippen molar-refractivity contribution in [2.75, 3.05) is 0 Å². The van der Waals surface area contributed by atoms with E-state index in [9.17, 15) is 9.50 Å². The Morgan fingerprint density at radius 3 is 2.89 bits per heavy atom. The maximum atomic E-state index is 13.1. The second-order valence-corrected chi connectivity index (χ2v) is 5.89. The van der Waals surface area contributed by atoms with E-state index in [0.29, 0.717) is 23.7 Å². The third kappa shape index (κ3) is 2.83. The summed E-state index contributed by atoms with van der Waals surface area (Å²) in [5.74, 6) is 0.890. The molecule has 3 heteroatoms. The van der Waals surface area contributed by atoms with Gasteiger partial charge in [-0.3, -0.25) is 0 Å². The lowest BCUT2D eigenvalue weighted by molar-refractivity contribution is -0.0103. The van der Waals surface area contributed by atoms with E-state index < -0.39 is 6.10 Å². The smallest absolute Gasteiger partial charge is 0.126 e. The topological polar surface area (TPSA) is 29.5 Å². The van der Waals surface area contributed by atoms with Gasteiger partial charge >= 0.3 is 0 Å². The molecule has 0 bridgehead atoms. The largest absolute Gasteiger partial charge is 0.487 e. The molecule has 0 radical (unpaired) electrons.